The molecule has 4 rings (SSSR count). The van der Waals surface area contributed by atoms with Crippen molar-refractivity contribution in [3.63, 3.8) is 0 Å². The van der Waals surface area contributed by atoms with Crippen molar-refractivity contribution >= 4 is 17.7 Å². The Hall–Kier alpha value is -2.20. The van der Waals surface area contributed by atoms with Crippen molar-refractivity contribution in [3.05, 3.63) is 34.8 Å². The number of hydrogen-bond donors (Lipinski definition) is 0. The number of piperidine rings is 1. The molecule has 2 fully saturated rings. The number of thioether (sulfide) groups is 1. The highest BCUT2D eigenvalue weighted by Crippen LogP contribution is 2.37. The summed E-state index contributed by atoms with van der Waals surface area (Å²) in [7, 11) is 1.62. The number of nitrogens with zero attached hydrogens (tertiary/aromatic N) is 6. The summed E-state index contributed by atoms with van der Waals surface area (Å²) in [5, 5.41) is 5.25. The van der Waals surface area contributed by atoms with Gasteiger partial charge in [0.1, 0.15) is 5.82 Å². The molecule has 2 aromatic rings. The highest BCUT2D eigenvalue weighted by molar-refractivity contribution is 7.99. The van der Waals surface area contributed by atoms with Crippen molar-refractivity contribution in [3.8, 4) is 0 Å². The fourth-order valence-electron chi connectivity index (χ4n) is 3.71. The van der Waals surface area contributed by atoms with E-state index < -0.39 is 0 Å². The molecule has 9 nitrogen and oxygen atoms in total. The summed E-state index contributed by atoms with van der Waals surface area (Å²) in [6, 6.07) is 2.01. The van der Waals surface area contributed by atoms with Gasteiger partial charge in [-0.2, -0.15) is 5.10 Å². The zero-order valence-electron chi connectivity index (χ0n) is 16.6. The first-order valence-corrected chi connectivity index (χ1v) is 11.0. The molecule has 0 N–H and O–H groups in total. The smallest absolute Gasteiger partial charge is 0.346 e. The van der Waals surface area contributed by atoms with Crippen LogP contribution in [0.2, 0.25) is 0 Å². The van der Waals surface area contributed by atoms with Crippen LogP contribution in [-0.4, -0.2) is 67.7 Å². The second-order valence-electron chi connectivity index (χ2n) is 7.46. The van der Waals surface area contributed by atoms with Gasteiger partial charge < -0.3 is 9.64 Å². The van der Waals surface area contributed by atoms with Crippen LogP contribution in [0.5, 0.6) is 0 Å². The van der Waals surface area contributed by atoms with E-state index in [4.69, 9.17) is 4.74 Å². The zero-order valence-corrected chi connectivity index (χ0v) is 17.4. The van der Waals surface area contributed by atoms with Gasteiger partial charge in [-0.25, -0.2) is 19.4 Å². The molecule has 1 saturated carbocycles. The van der Waals surface area contributed by atoms with E-state index in [9.17, 15) is 9.59 Å². The van der Waals surface area contributed by atoms with Gasteiger partial charge in [-0.1, -0.05) is 11.8 Å². The first kappa shape index (κ1) is 20.1. The Bertz CT molecular complexity index is 895. The molecule has 156 valence electrons. The highest BCUT2D eigenvalue weighted by atomic mass is 32.2. The summed E-state index contributed by atoms with van der Waals surface area (Å²) in [4.78, 5) is 35.7. The Morgan fingerprint density at radius 2 is 2.07 bits per heavy atom. The van der Waals surface area contributed by atoms with Crippen molar-refractivity contribution in [2.24, 2.45) is 0 Å². The fraction of sp³-hybridized carbons (Fsp3) is 0.632. The van der Waals surface area contributed by atoms with Crippen LogP contribution in [0.4, 0.5) is 0 Å². The summed E-state index contributed by atoms with van der Waals surface area (Å²) in [6.07, 6.45) is 7.23. The number of rotatable bonds is 8. The van der Waals surface area contributed by atoms with E-state index in [1.54, 1.807) is 25.6 Å². The lowest BCUT2D eigenvalue weighted by molar-refractivity contribution is -0.129. The number of carbonyl (C=O) groups excluding carboxylic acids is 1. The Morgan fingerprint density at radius 1 is 1.28 bits per heavy atom. The van der Waals surface area contributed by atoms with Gasteiger partial charge in [0.15, 0.2) is 5.16 Å². The maximum absolute atomic E-state index is 12.8. The lowest BCUT2D eigenvalue weighted by Crippen LogP contribution is -2.41. The van der Waals surface area contributed by atoms with E-state index >= 15 is 0 Å². The molecule has 1 atom stereocenters. The maximum Gasteiger partial charge on any atom is 0.346 e. The molecule has 3 heterocycles. The van der Waals surface area contributed by atoms with Crippen molar-refractivity contribution in [2.45, 2.75) is 49.3 Å². The number of likely N-dealkylation sites (tertiary alicyclic amines) is 1. The fourth-order valence-corrected chi connectivity index (χ4v) is 4.41. The van der Waals surface area contributed by atoms with Crippen molar-refractivity contribution in [2.75, 3.05) is 32.6 Å². The molecule has 1 unspecified atom stereocenters. The van der Waals surface area contributed by atoms with Crippen LogP contribution in [0, 0.1) is 0 Å². The normalized spacial score (nSPS) is 19.5. The molecule has 1 amide bonds. The predicted molar refractivity (Wildman–Crippen MR) is 108 cm³/mol. The summed E-state index contributed by atoms with van der Waals surface area (Å²) in [5.74, 6) is 1.30. The van der Waals surface area contributed by atoms with E-state index in [0.717, 1.165) is 38.1 Å². The summed E-state index contributed by atoms with van der Waals surface area (Å²) in [5.41, 5.74) is -0.0558. The number of ether oxygens (including phenoxy) is 1. The SMILES string of the molecule is COCCn1nc(C2CCCN(C(=O)CSc3ncccn3)C2)n(C2CC2)c1=O. The van der Waals surface area contributed by atoms with Crippen LogP contribution in [0.25, 0.3) is 0 Å². The molecule has 1 aliphatic heterocycles. The molecule has 0 bridgehead atoms. The van der Waals surface area contributed by atoms with Gasteiger partial charge in [0.2, 0.25) is 5.91 Å². The summed E-state index contributed by atoms with van der Waals surface area (Å²) in [6.45, 7) is 2.24. The average Bonchev–Trinajstić information content (AvgIpc) is 3.54. The van der Waals surface area contributed by atoms with Gasteiger partial charge in [-0.05, 0) is 31.7 Å². The van der Waals surface area contributed by atoms with Crippen molar-refractivity contribution < 1.29 is 9.53 Å². The molecule has 1 aliphatic carbocycles. The van der Waals surface area contributed by atoms with E-state index in [1.807, 2.05) is 9.47 Å². The third kappa shape index (κ3) is 4.69. The van der Waals surface area contributed by atoms with E-state index in [-0.39, 0.29) is 23.6 Å². The lowest BCUT2D eigenvalue weighted by Gasteiger charge is -2.32. The van der Waals surface area contributed by atoms with Gasteiger partial charge in [-0.3, -0.25) is 9.36 Å². The van der Waals surface area contributed by atoms with E-state index in [1.165, 1.54) is 16.4 Å². The van der Waals surface area contributed by atoms with Crippen LogP contribution in [0.15, 0.2) is 28.4 Å². The average molecular weight is 419 g/mol. The Kier molecular flexibility index (Phi) is 6.29. The Labute approximate surface area is 173 Å². The molecular weight excluding hydrogens is 392 g/mol. The second kappa shape index (κ2) is 9.08. The van der Waals surface area contributed by atoms with Gasteiger partial charge in [-0.15, -0.1) is 0 Å². The van der Waals surface area contributed by atoms with Gasteiger partial charge >= 0.3 is 5.69 Å². The summed E-state index contributed by atoms with van der Waals surface area (Å²) >= 11 is 1.35. The summed E-state index contributed by atoms with van der Waals surface area (Å²) < 4.78 is 8.49. The minimum Gasteiger partial charge on any atom is -0.383 e. The largest absolute Gasteiger partial charge is 0.383 e. The molecule has 10 heteroatoms. The van der Waals surface area contributed by atoms with E-state index in [0.29, 0.717) is 30.6 Å². The van der Waals surface area contributed by atoms with E-state index in [2.05, 4.69) is 15.1 Å². The minimum absolute atomic E-state index is 0.0558. The van der Waals surface area contributed by atoms with Crippen LogP contribution in [0.3, 0.4) is 0 Å². The third-order valence-corrected chi connectivity index (χ3v) is 6.18. The number of aromatic nitrogens is 5. The van der Waals surface area contributed by atoms with Crippen LogP contribution in [0.1, 0.15) is 43.5 Å². The zero-order chi connectivity index (χ0) is 20.2. The first-order chi connectivity index (χ1) is 14.2. The molecular formula is C19H26N6O3S. The predicted octanol–water partition coefficient (Wildman–Crippen LogP) is 1.31. The van der Waals surface area contributed by atoms with Gasteiger partial charge in [0.25, 0.3) is 0 Å². The Balaban J connectivity index is 1.45. The highest BCUT2D eigenvalue weighted by Gasteiger charge is 2.35. The lowest BCUT2D eigenvalue weighted by atomic mass is 9.97. The number of amides is 1. The molecule has 0 spiro atoms. The first-order valence-electron chi connectivity index (χ1n) is 10.0. The van der Waals surface area contributed by atoms with Crippen LogP contribution in [-0.2, 0) is 16.1 Å². The minimum atomic E-state index is -0.0558. The van der Waals surface area contributed by atoms with Crippen molar-refractivity contribution in [1.29, 1.82) is 0 Å². The number of carbonyl (C=O) groups is 1. The molecule has 0 aromatic carbocycles. The standard InChI is InChI=1S/C19H26N6O3S/c1-28-11-10-24-19(27)25(15-5-6-15)17(22-24)14-4-2-9-23(12-14)16(26)13-29-18-20-7-3-8-21-18/h3,7-8,14-15H,2,4-6,9-13H2,1H3. The van der Waals surface area contributed by atoms with Crippen LogP contribution >= 0.6 is 11.8 Å². The van der Waals surface area contributed by atoms with Crippen molar-refractivity contribution in [1.82, 2.24) is 29.2 Å². The maximum atomic E-state index is 12.8. The van der Waals surface area contributed by atoms with Gasteiger partial charge in [0.05, 0.1) is 18.9 Å². The van der Waals surface area contributed by atoms with Crippen LogP contribution < -0.4 is 5.69 Å². The Morgan fingerprint density at radius 3 is 2.79 bits per heavy atom. The molecule has 2 aromatic heterocycles. The number of methoxy groups -OCH3 is 1. The molecule has 1 saturated heterocycles. The molecule has 0 radical (unpaired) electrons. The molecule has 2 aliphatic rings. The quantitative estimate of drug-likeness (QED) is 0.471. The molecule has 29 heavy (non-hydrogen) atoms. The third-order valence-electron chi connectivity index (χ3n) is 5.32. The number of hydrogen-bond acceptors (Lipinski definition) is 7. The van der Waals surface area contributed by atoms with Gasteiger partial charge in [0, 0.05) is 44.6 Å². The second-order valence-corrected chi connectivity index (χ2v) is 8.40. The monoisotopic (exact) mass is 418 g/mol. The topological polar surface area (TPSA) is 95.1 Å².